The van der Waals surface area contributed by atoms with Gasteiger partial charge in [-0.3, -0.25) is 0 Å². The van der Waals surface area contributed by atoms with Crippen molar-refractivity contribution >= 4 is 10.0 Å². The third-order valence-corrected chi connectivity index (χ3v) is 6.54. The molecule has 0 spiro atoms. The zero-order valence-electron chi connectivity index (χ0n) is 13.1. The second-order valence-electron chi connectivity index (χ2n) is 6.03. The fourth-order valence-electron chi connectivity index (χ4n) is 3.37. The van der Waals surface area contributed by atoms with Crippen molar-refractivity contribution in [2.45, 2.75) is 36.4 Å². The van der Waals surface area contributed by atoms with Crippen LogP contribution in [0.3, 0.4) is 0 Å². The Morgan fingerprint density at radius 3 is 2.68 bits per heavy atom. The molecule has 0 aliphatic carbocycles. The summed E-state index contributed by atoms with van der Waals surface area (Å²) in [5, 5.41) is 7.57. The normalized spacial score (nSPS) is 27.7. The lowest BCUT2D eigenvalue weighted by atomic mass is 10.2. The first-order valence-electron chi connectivity index (χ1n) is 7.64. The molecule has 2 saturated heterocycles. The molecule has 3 rings (SSSR count). The van der Waals surface area contributed by atoms with Crippen LogP contribution in [-0.2, 0) is 21.8 Å². The predicted octanol–water partition coefficient (Wildman–Crippen LogP) is -0.311. The quantitative estimate of drug-likeness (QED) is 0.737. The predicted molar refractivity (Wildman–Crippen MR) is 79.8 cm³/mol. The van der Waals surface area contributed by atoms with E-state index in [1.54, 1.807) is 18.5 Å². The summed E-state index contributed by atoms with van der Waals surface area (Å²) in [5.74, 6) is 0. The highest BCUT2D eigenvalue weighted by molar-refractivity contribution is 7.89. The Morgan fingerprint density at radius 2 is 2.09 bits per heavy atom. The molecule has 0 bridgehead atoms. The van der Waals surface area contributed by atoms with E-state index >= 15 is 0 Å². The van der Waals surface area contributed by atoms with Gasteiger partial charge in [0.25, 0.3) is 10.0 Å². The zero-order chi connectivity index (χ0) is 15.7. The summed E-state index contributed by atoms with van der Waals surface area (Å²) in [7, 11) is -0.361. The second kappa shape index (κ2) is 6.23. The van der Waals surface area contributed by atoms with Gasteiger partial charge < -0.3 is 9.64 Å². The van der Waals surface area contributed by atoms with Crippen molar-refractivity contribution in [3.63, 3.8) is 0 Å². The van der Waals surface area contributed by atoms with Crippen molar-refractivity contribution in [1.29, 1.82) is 0 Å². The molecule has 2 atom stereocenters. The molecule has 0 radical (unpaired) electrons. The number of ether oxygens (including phenoxy) is 1. The summed E-state index contributed by atoms with van der Waals surface area (Å²) in [6.45, 7) is 3.26. The maximum Gasteiger partial charge on any atom is 0.262 e. The molecular formula is C13H23N5O3S. The van der Waals surface area contributed by atoms with Crippen molar-refractivity contribution in [2.75, 3.05) is 33.3 Å². The van der Waals surface area contributed by atoms with Gasteiger partial charge >= 0.3 is 0 Å². The molecule has 1 aromatic rings. The van der Waals surface area contributed by atoms with E-state index in [4.69, 9.17) is 4.74 Å². The van der Waals surface area contributed by atoms with Gasteiger partial charge in [0.2, 0.25) is 0 Å². The molecule has 0 saturated carbocycles. The molecule has 9 heteroatoms. The highest BCUT2D eigenvalue weighted by Crippen LogP contribution is 2.28. The molecule has 0 aromatic carbocycles. The van der Waals surface area contributed by atoms with Crippen molar-refractivity contribution < 1.29 is 13.2 Å². The van der Waals surface area contributed by atoms with Gasteiger partial charge in [-0.2, -0.15) is 4.31 Å². The maximum atomic E-state index is 12.9. The number of aryl methyl sites for hydroxylation is 1. The first-order valence-corrected chi connectivity index (χ1v) is 9.08. The number of aromatic nitrogens is 3. The van der Waals surface area contributed by atoms with Gasteiger partial charge in [0.15, 0.2) is 5.03 Å². The number of nitrogens with zero attached hydrogens (tertiary/aromatic N) is 5. The fraction of sp³-hybridized carbons (Fsp3) is 0.846. The first kappa shape index (κ1) is 15.9. The van der Waals surface area contributed by atoms with Gasteiger partial charge in [0.05, 0.1) is 12.3 Å². The minimum absolute atomic E-state index is 0.0523. The summed E-state index contributed by atoms with van der Waals surface area (Å²) >= 11 is 0. The van der Waals surface area contributed by atoms with E-state index in [1.165, 1.54) is 23.7 Å². The lowest BCUT2D eigenvalue weighted by molar-refractivity contribution is 0.113. The summed E-state index contributed by atoms with van der Waals surface area (Å²) in [5.41, 5.74) is 0. The minimum atomic E-state index is -3.60. The Bertz CT molecular complexity index is 611. The summed E-state index contributed by atoms with van der Waals surface area (Å²) in [6, 6.07) is -0.0528. The van der Waals surface area contributed by atoms with E-state index in [9.17, 15) is 8.42 Å². The van der Waals surface area contributed by atoms with Crippen molar-refractivity contribution in [2.24, 2.45) is 7.05 Å². The van der Waals surface area contributed by atoms with Crippen LogP contribution in [0.2, 0.25) is 0 Å². The van der Waals surface area contributed by atoms with Crippen LogP contribution >= 0.6 is 0 Å². The average molecular weight is 329 g/mol. The lowest BCUT2D eigenvalue weighted by Gasteiger charge is -2.27. The zero-order valence-corrected chi connectivity index (χ0v) is 13.9. The Hall–Kier alpha value is -1.03. The lowest BCUT2D eigenvalue weighted by Crippen LogP contribution is -2.43. The maximum absolute atomic E-state index is 12.9. The van der Waals surface area contributed by atoms with Crippen LogP contribution < -0.4 is 0 Å². The van der Waals surface area contributed by atoms with Crippen LogP contribution in [0, 0.1) is 0 Å². The van der Waals surface area contributed by atoms with Gasteiger partial charge in [-0.25, -0.2) is 13.1 Å². The molecule has 2 aliphatic heterocycles. The molecule has 3 heterocycles. The molecule has 0 unspecified atom stereocenters. The number of methoxy groups -OCH3 is 1. The monoisotopic (exact) mass is 329 g/mol. The second-order valence-corrected chi connectivity index (χ2v) is 7.86. The van der Waals surface area contributed by atoms with E-state index < -0.39 is 10.0 Å². The van der Waals surface area contributed by atoms with Gasteiger partial charge in [-0.1, -0.05) is 5.21 Å². The van der Waals surface area contributed by atoms with Crippen LogP contribution in [0.25, 0.3) is 0 Å². The van der Waals surface area contributed by atoms with Gasteiger partial charge in [0, 0.05) is 33.3 Å². The van der Waals surface area contributed by atoms with Gasteiger partial charge in [-0.05, 0) is 32.4 Å². The summed E-state index contributed by atoms with van der Waals surface area (Å²) in [6.07, 6.45) is 4.38. The number of sulfonamides is 1. The number of hydrogen-bond acceptors (Lipinski definition) is 6. The van der Waals surface area contributed by atoms with Crippen LogP contribution in [-0.4, -0.2) is 78.1 Å². The molecule has 124 valence electrons. The molecule has 0 amide bonds. The topological polar surface area (TPSA) is 80.6 Å². The van der Waals surface area contributed by atoms with Crippen LogP contribution in [0.15, 0.2) is 11.2 Å². The van der Waals surface area contributed by atoms with E-state index in [2.05, 4.69) is 15.2 Å². The van der Waals surface area contributed by atoms with E-state index in [1.807, 2.05) is 0 Å². The Morgan fingerprint density at radius 1 is 1.36 bits per heavy atom. The standard InChI is InChI=1S/C13H23N5O3S/c1-16-13(8-14-15-16)22(19,20)18-10-12(21-2)7-11(18)9-17-5-3-4-6-17/h8,11-12H,3-7,9-10H2,1-2H3/t11-,12-/m0/s1. The van der Waals surface area contributed by atoms with E-state index in [0.717, 1.165) is 26.1 Å². The summed E-state index contributed by atoms with van der Waals surface area (Å²) in [4.78, 5) is 2.34. The highest BCUT2D eigenvalue weighted by Gasteiger charge is 2.42. The van der Waals surface area contributed by atoms with E-state index in [-0.39, 0.29) is 17.2 Å². The molecule has 1 aromatic heterocycles. The molecule has 0 N–H and O–H groups in total. The van der Waals surface area contributed by atoms with E-state index in [0.29, 0.717) is 6.54 Å². The molecule has 2 aliphatic rings. The van der Waals surface area contributed by atoms with Crippen LogP contribution in [0.1, 0.15) is 19.3 Å². The largest absolute Gasteiger partial charge is 0.380 e. The first-order chi connectivity index (χ1) is 10.5. The Kier molecular flexibility index (Phi) is 4.49. The van der Waals surface area contributed by atoms with Gasteiger partial charge in [-0.15, -0.1) is 5.10 Å². The molecule has 2 fully saturated rings. The van der Waals surface area contributed by atoms with Crippen molar-refractivity contribution in [3.05, 3.63) is 6.20 Å². The smallest absolute Gasteiger partial charge is 0.262 e. The molecule has 8 nitrogen and oxygen atoms in total. The number of likely N-dealkylation sites (tertiary alicyclic amines) is 1. The SMILES string of the molecule is CO[C@H]1C[C@@H](CN2CCCC2)N(S(=O)(=O)c2cnnn2C)C1. The number of hydrogen-bond donors (Lipinski definition) is 0. The highest BCUT2D eigenvalue weighted by atomic mass is 32.2. The third kappa shape index (κ3) is 2.90. The minimum Gasteiger partial charge on any atom is -0.380 e. The summed E-state index contributed by atoms with van der Waals surface area (Å²) < 4.78 is 34.1. The van der Waals surface area contributed by atoms with Crippen LogP contribution in [0.4, 0.5) is 0 Å². The molecular weight excluding hydrogens is 306 g/mol. The average Bonchev–Trinajstić information content (AvgIpc) is 3.19. The van der Waals surface area contributed by atoms with Crippen LogP contribution in [0.5, 0.6) is 0 Å². The number of rotatable bonds is 5. The molecule has 22 heavy (non-hydrogen) atoms. The van der Waals surface area contributed by atoms with Gasteiger partial charge in [0.1, 0.15) is 0 Å². The van der Waals surface area contributed by atoms with Crippen molar-refractivity contribution in [3.8, 4) is 0 Å². The Labute approximate surface area is 131 Å². The third-order valence-electron chi connectivity index (χ3n) is 4.57. The fourth-order valence-corrected chi connectivity index (χ4v) is 5.07. The Balaban J connectivity index is 1.83. The van der Waals surface area contributed by atoms with Crippen molar-refractivity contribution in [1.82, 2.24) is 24.2 Å².